The molecule has 3 nitrogen and oxygen atoms in total. The van der Waals surface area contributed by atoms with Crippen LogP contribution < -0.4 is 10.1 Å². The standard InChI is InChI=1S/C15H23NO2S/c1-12(16-14-7-9-19(17)10-8-14)11-13-3-5-15(18-2)6-4-13/h3-6,12,14,16H,7-11H2,1-2H3. The summed E-state index contributed by atoms with van der Waals surface area (Å²) in [5.41, 5.74) is 1.32. The molecule has 1 heterocycles. The van der Waals surface area contributed by atoms with Crippen LogP contribution >= 0.6 is 0 Å². The molecule has 1 aliphatic rings. The molecule has 2 rings (SSSR count). The molecule has 1 saturated heterocycles. The van der Waals surface area contributed by atoms with Crippen molar-refractivity contribution in [1.29, 1.82) is 0 Å². The van der Waals surface area contributed by atoms with Crippen LogP contribution in [-0.4, -0.2) is 34.9 Å². The normalized spacial score (nSPS) is 24.9. The molecule has 1 N–H and O–H groups in total. The number of nitrogens with one attached hydrogen (secondary N) is 1. The predicted octanol–water partition coefficient (Wildman–Crippen LogP) is 2.13. The third-order valence-corrected chi connectivity index (χ3v) is 4.99. The van der Waals surface area contributed by atoms with Gasteiger partial charge in [0.2, 0.25) is 0 Å². The Morgan fingerprint density at radius 1 is 1.32 bits per heavy atom. The number of benzene rings is 1. The second kappa shape index (κ2) is 7.06. The van der Waals surface area contributed by atoms with Crippen LogP contribution in [0.5, 0.6) is 5.75 Å². The van der Waals surface area contributed by atoms with Crippen LogP contribution in [0.4, 0.5) is 0 Å². The van der Waals surface area contributed by atoms with Crippen LogP contribution in [0.1, 0.15) is 25.3 Å². The summed E-state index contributed by atoms with van der Waals surface area (Å²) in [7, 11) is 1.12. The van der Waals surface area contributed by atoms with Gasteiger partial charge in [0.25, 0.3) is 0 Å². The summed E-state index contributed by atoms with van der Waals surface area (Å²) in [6.45, 7) is 2.22. The molecule has 1 aromatic rings. The lowest BCUT2D eigenvalue weighted by Crippen LogP contribution is -2.41. The maximum absolute atomic E-state index is 11.3. The lowest BCUT2D eigenvalue weighted by Gasteiger charge is -2.26. The van der Waals surface area contributed by atoms with Gasteiger partial charge in [0, 0.05) is 34.4 Å². The molecule has 4 heteroatoms. The molecule has 1 aromatic carbocycles. The quantitative estimate of drug-likeness (QED) is 0.898. The van der Waals surface area contributed by atoms with Crippen molar-refractivity contribution in [3.63, 3.8) is 0 Å². The molecule has 1 atom stereocenters. The molecule has 106 valence electrons. The van der Waals surface area contributed by atoms with Crippen LogP contribution in [0, 0.1) is 0 Å². The summed E-state index contributed by atoms with van der Waals surface area (Å²) >= 11 is 0. The van der Waals surface area contributed by atoms with E-state index in [-0.39, 0.29) is 0 Å². The van der Waals surface area contributed by atoms with E-state index in [0.717, 1.165) is 36.5 Å². The average Bonchev–Trinajstić information content (AvgIpc) is 2.42. The van der Waals surface area contributed by atoms with Crippen molar-refractivity contribution in [2.45, 2.75) is 38.3 Å². The maximum atomic E-state index is 11.3. The van der Waals surface area contributed by atoms with Gasteiger partial charge in [0.05, 0.1) is 7.11 Å². The highest BCUT2D eigenvalue weighted by Gasteiger charge is 2.19. The predicted molar refractivity (Wildman–Crippen MR) is 80.2 cm³/mol. The summed E-state index contributed by atoms with van der Waals surface area (Å²) < 4.78 is 16.5. The van der Waals surface area contributed by atoms with Gasteiger partial charge in [0.15, 0.2) is 0 Å². The van der Waals surface area contributed by atoms with E-state index in [0.29, 0.717) is 12.1 Å². The van der Waals surface area contributed by atoms with Crippen molar-refractivity contribution < 1.29 is 8.95 Å². The molecule has 0 spiro atoms. The molecule has 1 unspecified atom stereocenters. The summed E-state index contributed by atoms with van der Waals surface area (Å²) in [5, 5.41) is 3.65. The second-order valence-corrected chi connectivity index (χ2v) is 6.94. The van der Waals surface area contributed by atoms with Crippen molar-refractivity contribution in [2.75, 3.05) is 18.6 Å². The van der Waals surface area contributed by atoms with Crippen LogP contribution in [-0.2, 0) is 17.2 Å². The van der Waals surface area contributed by atoms with Crippen molar-refractivity contribution in [1.82, 2.24) is 5.32 Å². The number of hydrogen-bond donors (Lipinski definition) is 1. The molecule has 0 bridgehead atoms. The summed E-state index contributed by atoms with van der Waals surface area (Å²) in [5.74, 6) is 2.61. The fraction of sp³-hybridized carbons (Fsp3) is 0.600. The Morgan fingerprint density at radius 2 is 1.95 bits per heavy atom. The molecular weight excluding hydrogens is 258 g/mol. The molecule has 0 saturated carbocycles. The Morgan fingerprint density at radius 3 is 2.53 bits per heavy atom. The molecule has 0 amide bonds. The first kappa shape index (κ1) is 14.5. The van der Waals surface area contributed by atoms with Crippen molar-refractivity contribution >= 4 is 10.8 Å². The number of ether oxygens (including phenoxy) is 1. The minimum atomic E-state index is -0.571. The summed E-state index contributed by atoms with van der Waals surface area (Å²) in [6.07, 6.45) is 3.10. The zero-order valence-electron chi connectivity index (χ0n) is 11.7. The number of methoxy groups -OCH3 is 1. The van der Waals surface area contributed by atoms with Crippen LogP contribution in [0.3, 0.4) is 0 Å². The second-order valence-electron chi connectivity index (χ2n) is 5.24. The first-order valence-corrected chi connectivity index (χ1v) is 8.40. The molecule has 0 aliphatic carbocycles. The topological polar surface area (TPSA) is 38.3 Å². The molecule has 0 aromatic heterocycles. The van der Waals surface area contributed by atoms with Gasteiger partial charge in [-0.3, -0.25) is 4.21 Å². The van der Waals surface area contributed by atoms with Gasteiger partial charge in [-0.1, -0.05) is 12.1 Å². The van der Waals surface area contributed by atoms with E-state index in [1.807, 2.05) is 12.1 Å². The van der Waals surface area contributed by atoms with Crippen LogP contribution in [0.15, 0.2) is 24.3 Å². The largest absolute Gasteiger partial charge is 0.497 e. The number of hydrogen-bond acceptors (Lipinski definition) is 3. The highest BCUT2D eigenvalue weighted by Crippen LogP contribution is 2.14. The fourth-order valence-electron chi connectivity index (χ4n) is 2.54. The van der Waals surface area contributed by atoms with E-state index in [2.05, 4.69) is 24.4 Å². The van der Waals surface area contributed by atoms with Crippen molar-refractivity contribution in [3.05, 3.63) is 29.8 Å². The van der Waals surface area contributed by atoms with Gasteiger partial charge in [-0.05, 0) is 43.9 Å². The maximum Gasteiger partial charge on any atom is 0.118 e. The first-order valence-electron chi connectivity index (χ1n) is 6.91. The zero-order chi connectivity index (χ0) is 13.7. The van der Waals surface area contributed by atoms with Gasteiger partial charge in [-0.2, -0.15) is 0 Å². The zero-order valence-corrected chi connectivity index (χ0v) is 12.5. The molecular formula is C15H23NO2S. The summed E-state index contributed by atoms with van der Waals surface area (Å²) in [4.78, 5) is 0. The van der Waals surface area contributed by atoms with Crippen molar-refractivity contribution in [3.8, 4) is 5.75 Å². The van der Waals surface area contributed by atoms with Gasteiger partial charge in [-0.15, -0.1) is 0 Å². The Balaban J connectivity index is 1.79. The summed E-state index contributed by atoms with van der Waals surface area (Å²) in [6, 6.07) is 9.23. The average molecular weight is 281 g/mol. The Bertz CT molecular complexity index is 409. The van der Waals surface area contributed by atoms with Crippen molar-refractivity contribution in [2.24, 2.45) is 0 Å². The monoisotopic (exact) mass is 281 g/mol. The van der Waals surface area contributed by atoms with E-state index < -0.39 is 10.8 Å². The van der Waals surface area contributed by atoms with Crippen LogP contribution in [0.2, 0.25) is 0 Å². The van der Waals surface area contributed by atoms with Gasteiger partial charge < -0.3 is 10.1 Å². The minimum Gasteiger partial charge on any atom is -0.497 e. The minimum absolute atomic E-state index is 0.449. The highest BCUT2D eigenvalue weighted by molar-refractivity contribution is 7.85. The molecule has 1 aliphatic heterocycles. The number of rotatable bonds is 5. The third-order valence-electron chi connectivity index (χ3n) is 3.61. The van der Waals surface area contributed by atoms with E-state index in [1.54, 1.807) is 7.11 Å². The Kier molecular flexibility index (Phi) is 5.40. The van der Waals surface area contributed by atoms with E-state index >= 15 is 0 Å². The molecule has 0 radical (unpaired) electrons. The Hall–Kier alpha value is -0.870. The van der Waals surface area contributed by atoms with Gasteiger partial charge in [0.1, 0.15) is 5.75 Å². The SMILES string of the molecule is COc1ccc(CC(C)NC2CCS(=O)CC2)cc1. The van der Waals surface area contributed by atoms with E-state index in [1.165, 1.54) is 5.56 Å². The highest BCUT2D eigenvalue weighted by atomic mass is 32.2. The lowest BCUT2D eigenvalue weighted by atomic mass is 10.0. The molecule has 1 fully saturated rings. The van der Waals surface area contributed by atoms with Crippen LogP contribution in [0.25, 0.3) is 0 Å². The molecule has 19 heavy (non-hydrogen) atoms. The van der Waals surface area contributed by atoms with Gasteiger partial charge in [-0.25, -0.2) is 0 Å². The van der Waals surface area contributed by atoms with Gasteiger partial charge >= 0.3 is 0 Å². The first-order chi connectivity index (χ1) is 9.17. The van der Waals surface area contributed by atoms with E-state index in [4.69, 9.17) is 4.74 Å². The Labute approximate surface area is 118 Å². The smallest absolute Gasteiger partial charge is 0.118 e. The fourth-order valence-corrected chi connectivity index (χ4v) is 3.84. The van der Waals surface area contributed by atoms with E-state index in [9.17, 15) is 4.21 Å². The lowest BCUT2D eigenvalue weighted by molar-refractivity contribution is 0.412. The third kappa shape index (κ3) is 4.62.